The molecule has 0 amide bonds. The Morgan fingerprint density at radius 1 is 1.25 bits per heavy atom. The first-order valence-corrected chi connectivity index (χ1v) is 7.37. The van der Waals surface area contributed by atoms with E-state index in [2.05, 4.69) is 5.32 Å². The molecule has 1 aromatic rings. The smallest absolute Gasteiger partial charge is 0.166 e. The summed E-state index contributed by atoms with van der Waals surface area (Å²) in [4.78, 5) is 12.6. The van der Waals surface area contributed by atoms with Crippen molar-refractivity contribution in [1.29, 1.82) is 0 Å². The molecule has 4 nitrogen and oxygen atoms in total. The van der Waals surface area contributed by atoms with Crippen molar-refractivity contribution < 1.29 is 14.3 Å². The Labute approximate surface area is 119 Å². The SMILES string of the molecule is CCOc1ccc(C(=O)C2CC3COCC(C2)N3)cc1. The van der Waals surface area contributed by atoms with Crippen LogP contribution in [-0.4, -0.2) is 37.7 Å². The minimum absolute atomic E-state index is 0.119. The molecule has 0 radical (unpaired) electrons. The lowest BCUT2D eigenvalue weighted by atomic mass is 9.82. The van der Waals surface area contributed by atoms with Crippen molar-refractivity contribution in [2.75, 3.05) is 19.8 Å². The summed E-state index contributed by atoms with van der Waals surface area (Å²) >= 11 is 0. The van der Waals surface area contributed by atoms with Crippen LogP contribution in [0.1, 0.15) is 30.1 Å². The molecule has 2 unspecified atom stereocenters. The van der Waals surface area contributed by atoms with E-state index in [4.69, 9.17) is 9.47 Å². The maximum Gasteiger partial charge on any atom is 0.166 e. The number of hydrogen-bond acceptors (Lipinski definition) is 4. The van der Waals surface area contributed by atoms with E-state index in [1.54, 1.807) is 0 Å². The number of Topliss-reactive ketones (excluding diaryl/α,β-unsaturated/α-hetero) is 1. The fourth-order valence-corrected chi connectivity index (χ4v) is 3.17. The minimum Gasteiger partial charge on any atom is -0.494 e. The van der Waals surface area contributed by atoms with Gasteiger partial charge in [0, 0.05) is 23.6 Å². The van der Waals surface area contributed by atoms with Crippen molar-refractivity contribution in [1.82, 2.24) is 5.32 Å². The molecule has 2 aliphatic heterocycles. The summed E-state index contributed by atoms with van der Waals surface area (Å²) in [5, 5.41) is 3.52. The largest absolute Gasteiger partial charge is 0.494 e. The number of morpholine rings is 1. The molecule has 2 atom stereocenters. The third-order valence-electron chi connectivity index (χ3n) is 4.07. The lowest BCUT2D eigenvalue weighted by Gasteiger charge is -2.39. The Hall–Kier alpha value is -1.39. The van der Waals surface area contributed by atoms with Gasteiger partial charge in [0.05, 0.1) is 19.8 Å². The molecule has 4 heteroatoms. The lowest BCUT2D eigenvalue weighted by molar-refractivity contribution is 0.00953. The molecule has 0 aromatic heterocycles. The molecular formula is C16H21NO3. The second kappa shape index (κ2) is 5.94. The Kier molecular flexibility index (Phi) is 4.03. The zero-order valence-corrected chi connectivity index (χ0v) is 11.8. The van der Waals surface area contributed by atoms with Crippen LogP contribution in [0.3, 0.4) is 0 Å². The number of rotatable bonds is 4. The van der Waals surface area contributed by atoms with E-state index >= 15 is 0 Å². The van der Waals surface area contributed by atoms with Crippen molar-refractivity contribution in [2.24, 2.45) is 5.92 Å². The van der Waals surface area contributed by atoms with Crippen molar-refractivity contribution >= 4 is 5.78 Å². The van der Waals surface area contributed by atoms with Gasteiger partial charge in [-0.25, -0.2) is 0 Å². The fourth-order valence-electron chi connectivity index (χ4n) is 3.17. The average molecular weight is 275 g/mol. The highest BCUT2D eigenvalue weighted by molar-refractivity contribution is 5.98. The van der Waals surface area contributed by atoms with Gasteiger partial charge in [0.2, 0.25) is 0 Å². The Morgan fingerprint density at radius 3 is 2.50 bits per heavy atom. The monoisotopic (exact) mass is 275 g/mol. The number of nitrogens with one attached hydrogen (secondary N) is 1. The Balaban J connectivity index is 1.68. The van der Waals surface area contributed by atoms with Gasteiger partial charge in [0.1, 0.15) is 5.75 Å². The van der Waals surface area contributed by atoms with Gasteiger partial charge in [0.25, 0.3) is 0 Å². The predicted molar refractivity (Wildman–Crippen MR) is 76.2 cm³/mol. The molecule has 2 bridgehead atoms. The van der Waals surface area contributed by atoms with E-state index in [0.29, 0.717) is 18.7 Å². The molecule has 0 saturated carbocycles. The van der Waals surface area contributed by atoms with Gasteiger partial charge in [-0.2, -0.15) is 0 Å². The quantitative estimate of drug-likeness (QED) is 0.854. The van der Waals surface area contributed by atoms with Crippen LogP contribution in [0.15, 0.2) is 24.3 Å². The van der Waals surface area contributed by atoms with E-state index in [-0.39, 0.29) is 11.7 Å². The number of carbonyl (C=O) groups excluding carboxylic acids is 1. The van der Waals surface area contributed by atoms with Gasteiger partial charge in [0.15, 0.2) is 5.78 Å². The zero-order chi connectivity index (χ0) is 13.9. The van der Waals surface area contributed by atoms with Crippen molar-refractivity contribution in [3.63, 3.8) is 0 Å². The number of ether oxygens (including phenoxy) is 2. The first-order valence-electron chi connectivity index (χ1n) is 7.37. The fraction of sp³-hybridized carbons (Fsp3) is 0.562. The number of piperidine rings is 1. The van der Waals surface area contributed by atoms with Gasteiger partial charge >= 0.3 is 0 Å². The molecule has 3 rings (SSSR count). The number of hydrogen-bond donors (Lipinski definition) is 1. The summed E-state index contributed by atoms with van der Waals surface area (Å²) in [6.45, 7) is 4.05. The summed E-state index contributed by atoms with van der Waals surface area (Å²) in [5.41, 5.74) is 0.791. The molecule has 2 heterocycles. The van der Waals surface area contributed by atoms with Crippen LogP contribution in [0.5, 0.6) is 5.75 Å². The summed E-state index contributed by atoms with van der Waals surface area (Å²) in [7, 11) is 0. The first-order chi connectivity index (χ1) is 9.76. The zero-order valence-electron chi connectivity index (χ0n) is 11.8. The molecule has 2 saturated heterocycles. The standard InChI is InChI=1S/C16H21NO3/c1-2-20-15-5-3-11(4-6-15)16(18)12-7-13-9-19-10-14(8-12)17-13/h3-6,12-14,17H,2,7-10H2,1H3. The van der Waals surface area contributed by atoms with Gasteiger partial charge in [-0.1, -0.05) is 0 Å². The predicted octanol–water partition coefficient (Wildman–Crippen LogP) is 2.04. The van der Waals surface area contributed by atoms with Crippen LogP contribution in [-0.2, 0) is 4.74 Å². The number of ketones is 1. The minimum atomic E-state index is 0.119. The van der Waals surface area contributed by atoms with Crippen LogP contribution in [0.25, 0.3) is 0 Å². The van der Waals surface area contributed by atoms with Crippen LogP contribution >= 0.6 is 0 Å². The third kappa shape index (κ3) is 2.86. The molecular weight excluding hydrogens is 254 g/mol. The van der Waals surface area contributed by atoms with Crippen molar-refractivity contribution in [3.8, 4) is 5.75 Å². The van der Waals surface area contributed by atoms with Gasteiger partial charge in [-0.15, -0.1) is 0 Å². The highest BCUT2D eigenvalue weighted by Gasteiger charge is 2.35. The molecule has 2 aliphatic rings. The summed E-state index contributed by atoms with van der Waals surface area (Å²) < 4.78 is 10.9. The van der Waals surface area contributed by atoms with Crippen LogP contribution in [0.4, 0.5) is 0 Å². The van der Waals surface area contributed by atoms with Crippen LogP contribution < -0.4 is 10.1 Å². The van der Waals surface area contributed by atoms with Crippen molar-refractivity contribution in [3.05, 3.63) is 29.8 Å². The summed E-state index contributed by atoms with van der Waals surface area (Å²) in [6, 6.07) is 8.17. The number of carbonyl (C=O) groups is 1. The highest BCUT2D eigenvalue weighted by Crippen LogP contribution is 2.27. The topological polar surface area (TPSA) is 47.6 Å². The maximum absolute atomic E-state index is 12.6. The van der Waals surface area contributed by atoms with E-state index in [9.17, 15) is 4.79 Å². The first kappa shape index (κ1) is 13.6. The van der Waals surface area contributed by atoms with E-state index < -0.39 is 0 Å². The van der Waals surface area contributed by atoms with E-state index in [1.807, 2.05) is 31.2 Å². The molecule has 20 heavy (non-hydrogen) atoms. The summed E-state index contributed by atoms with van der Waals surface area (Å²) in [5.74, 6) is 1.19. The second-order valence-electron chi connectivity index (χ2n) is 5.59. The van der Waals surface area contributed by atoms with E-state index in [0.717, 1.165) is 37.4 Å². The van der Waals surface area contributed by atoms with Crippen molar-refractivity contribution in [2.45, 2.75) is 31.8 Å². The third-order valence-corrected chi connectivity index (χ3v) is 4.07. The molecule has 108 valence electrons. The summed E-state index contributed by atoms with van der Waals surface area (Å²) in [6.07, 6.45) is 1.76. The second-order valence-corrected chi connectivity index (χ2v) is 5.59. The Morgan fingerprint density at radius 2 is 1.90 bits per heavy atom. The maximum atomic E-state index is 12.6. The van der Waals surface area contributed by atoms with Crippen LogP contribution in [0, 0.1) is 5.92 Å². The molecule has 0 aliphatic carbocycles. The Bertz CT molecular complexity index is 459. The van der Waals surface area contributed by atoms with Gasteiger partial charge in [-0.05, 0) is 44.0 Å². The molecule has 1 N–H and O–H groups in total. The van der Waals surface area contributed by atoms with E-state index in [1.165, 1.54) is 0 Å². The van der Waals surface area contributed by atoms with Gasteiger partial charge < -0.3 is 14.8 Å². The lowest BCUT2D eigenvalue weighted by Crippen LogP contribution is -2.55. The number of fused-ring (bicyclic) bond motifs is 2. The highest BCUT2D eigenvalue weighted by atomic mass is 16.5. The van der Waals surface area contributed by atoms with Gasteiger partial charge in [-0.3, -0.25) is 4.79 Å². The number of benzene rings is 1. The molecule has 2 fully saturated rings. The molecule has 1 aromatic carbocycles. The van der Waals surface area contributed by atoms with Crippen LogP contribution in [0.2, 0.25) is 0 Å². The average Bonchev–Trinajstić information content (AvgIpc) is 2.47. The molecule has 0 spiro atoms. The normalized spacial score (nSPS) is 28.9.